The van der Waals surface area contributed by atoms with Gasteiger partial charge in [-0.15, -0.1) is 5.98 Å². The minimum atomic E-state index is 0.960. The molecule has 2 rings (SSSR count). The first-order chi connectivity index (χ1) is 7.92. The molecule has 2 fully saturated rings. The van der Waals surface area contributed by atoms with Gasteiger partial charge in [0, 0.05) is 0 Å². The fourth-order valence-electron chi connectivity index (χ4n) is 3.65. The van der Waals surface area contributed by atoms with Crippen molar-refractivity contribution in [2.75, 3.05) is 4.43 Å². The standard InChI is InChI=1S/C14H24BI/c16-12-4-2-1-3-11-15-13-7-5-8-14(15)10-6-9-13/h3,11,13-14H,1-2,4-10,12H2/b11-3+. The van der Waals surface area contributed by atoms with Crippen molar-refractivity contribution < 1.29 is 0 Å². The largest absolute Gasteiger partial charge is 0.172 e. The van der Waals surface area contributed by atoms with Gasteiger partial charge in [-0.3, -0.25) is 0 Å². The van der Waals surface area contributed by atoms with Gasteiger partial charge in [0.25, 0.3) is 0 Å². The average molecular weight is 330 g/mol. The first-order valence-corrected chi connectivity index (χ1v) is 8.67. The van der Waals surface area contributed by atoms with E-state index in [1.807, 2.05) is 0 Å². The molecule has 2 bridgehead atoms. The highest BCUT2D eigenvalue weighted by Crippen LogP contribution is 2.46. The molecule has 0 aromatic carbocycles. The van der Waals surface area contributed by atoms with Gasteiger partial charge in [-0.25, -0.2) is 0 Å². The summed E-state index contributed by atoms with van der Waals surface area (Å²) in [6.45, 7) is 0.960. The zero-order valence-electron chi connectivity index (χ0n) is 10.3. The lowest BCUT2D eigenvalue weighted by molar-refractivity contribution is 0.447. The Morgan fingerprint density at radius 1 is 1.00 bits per heavy atom. The minimum Gasteiger partial charge on any atom is -0.118 e. The van der Waals surface area contributed by atoms with Gasteiger partial charge in [-0.2, -0.15) is 0 Å². The van der Waals surface area contributed by atoms with Gasteiger partial charge in [-0.05, 0) is 23.7 Å². The highest BCUT2D eigenvalue weighted by atomic mass is 127. The first-order valence-electron chi connectivity index (χ1n) is 7.14. The van der Waals surface area contributed by atoms with E-state index in [0.29, 0.717) is 0 Å². The second kappa shape index (κ2) is 7.08. The lowest BCUT2D eigenvalue weighted by Crippen LogP contribution is -2.32. The van der Waals surface area contributed by atoms with Gasteiger partial charge in [0.2, 0.25) is 0 Å². The monoisotopic (exact) mass is 330 g/mol. The minimum absolute atomic E-state index is 0.960. The van der Waals surface area contributed by atoms with Crippen molar-refractivity contribution in [2.24, 2.45) is 0 Å². The summed E-state index contributed by atoms with van der Waals surface area (Å²) in [6, 6.07) is 0. The van der Waals surface area contributed by atoms with Gasteiger partial charge in [0.1, 0.15) is 0 Å². The van der Waals surface area contributed by atoms with Gasteiger partial charge in [-0.1, -0.05) is 78.8 Å². The molecular formula is C14H24BI. The van der Waals surface area contributed by atoms with Crippen LogP contribution in [0.1, 0.15) is 57.8 Å². The van der Waals surface area contributed by atoms with Crippen molar-refractivity contribution in [3.8, 4) is 0 Å². The van der Waals surface area contributed by atoms with Crippen molar-refractivity contribution >= 4 is 29.3 Å². The van der Waals surface area contributed by atoms with Crippen molar-refractivity contribution in [1.29, 1.82) is 0 Å². The molecule has 0 N–H and O–H groups in total. The second-order valence-electron chi connectivity index (χ2n) is 5.57. The van der Waals surface area contributed by atoms with E-state index in [1.165, 1.54) is 62.2 Å². The summed E-state index contributed by atoms with van der Waals surface area (Å²) in [6.07, 6.45) is 15.7. The Kier molecular flexibility index (Phi) is 5.74. The molecule has 0 nitrogen and oxygen atoms in total. The van der Waals surface area contributed by atoms with Crippen LogP contribution in [0, 0.1) is 0 Å². The van der Waals surface area contributed by atoms with Gasteiger partial charge in [0.15, 0.2) is 6.71 Å². The summed E-state index contributed by atoms with van der Waals surface area (Å²) in [5.74, 6) is 4.70. The van der Waals surface area contributed by atoms with Crippen LogP contribution in [-0.2, 0) is 0 Å². The first kappa shape index (κ1) is 13.0. The van der Waals surface area contributed by atoms with E-state index < -0.39 is 0 Å². The molecule has 90 valence electrons. The number of fused-ring (bicyclic) bond motifs is 2. The van der Waals surface area contributed by atoms with Crippen LogP contribution in [0.2, 0.25) is 11.6 Å². The molecule has 0 spiro atoms. The fraction of sp³-hybridized carbons (Fsp3) is 0.857. The molecule has 0 saturated carbocycles. The van der Waals surface area contributed by atoms with Gasteiger partial charge >= 0.3 is 0 Å². The van der Waals surface area contributed by atoms with Crippen molar-refractivity contribution in [1.82, 2.24) is 0 Å². The van der Waals surface area contributed by atoms with E-state index in [9.17, 15) is 0 Å². The number of hydrogen-bond acceptors (Lipinski definition) is 0. The average Bonchev–Trinajstić information content (AvgIpc) is 2.28. The Bertz CT molecular complexity index is 205. The van der Waals surface area contributed by atoms with E-state index in [1.54, 1.807) is 0 Å². The van der Waals surface area contributed by atoms with Crippen LogP contribution in [0.15, 0.2) is 12.1 Å². The Hall–Kier alpha value is 0.535. The third-order valence-electron chi connectivity index (χ3n) is 4.50. The van der Waals surface area contributed by atoms with E-state index in [2.05, 4.69) is 34.6 Å². The van der Waals surface area contributed by atoms with Crippen molar-refractivity contribution in [2.45, 2.75) is 69.4 Å². The maximum Gasteiger partial charge on any atom is 0.172 e. The molecule has 0 aromatic heterocycles. The number of unbranched alkanes of at least 4 members (excludes halogenated alkanes) is 2. The SMILES string of the molecule is ICCCC/C=C/B1C2CCCC1CCC2. The lowest BCUT2D eigenvalue weighted by atomic mass is 9.27. The molecule has 2 heteroatoms. The molecule has 2 saturated heterocycles. The summed E-state index contributed by atoms with van der Waals surface area (Å²) in [7, 11) is 0. The molecule has 2 aliphatic rings. The Labute approximate surface area is 115 Å². The maximum atomic E-state index is 2.60. The Morgan fingerprint density at radius 3 is 2.19 bits per heavy atom. The molecule has 0 amide bonds. The second-order valence-corrected chi connectivity index (χ2v) is 6.65. The summed E-state index contributed by atoms with van der Waals surface area (Å²) in [4.78, 5) is 0. The van der Waals surface area contributed by atoms with Crippen LogP contribution in [0.4, 0.5) is 0 Å². The zero-order chi connectivity index (χ0) is 11.2. The number of rotatable bonds is 5. The van der Waals surface area contributed by atoms with Crippen LogP contribution >= 0.6 is 22.6 Å². The van der Waals surface area contributed by atoms with Crippen LogP contribution in [0.3, 0.4) is 0 Å². The molecule has 2 heterocycles. The molecule has 0 unspecified atom stereocenters. The zero-order valence-corrected chi connectivity index (χ0v) is 12.5. The van der Waals surface area contributed by atoms with E-state index in [-0.39, 0.29) is 0 Å². The molecule has 0 aliphatic carbocycles. The van der Waals surface area contributed by atoms with Crippen LogP contribution in [0.25, 0.3) is 0 Å². The van der Waals surface area contributed by atoms with Gasteiger partial charge < -0.3 is 0 Å². The predicted octanol–water partition coefficient (Wildman–Crippen LogP) is 5.29. The fourth-order valence-corrected chi connectivity index (χ4v) is 4.19. The lowest BCUT2D eigenvalue weighted by Gasteiger charge is -2.39. The topological polar surface area (TPSA) is 0 Å². The summed E-state index contributed by atoms with van der Waals surface area (Å²) < 4.78 is 1.32. The van der Waals surface area contributed by atoms with Crippen LogP contribution in [-0.4, -0.2) is 11.1 Å². The summed E-state index contributed by atoms with van der Waals surface area (Å²) in [5.41, 5.74) is 0. The quantitative estimate of drug-likeness (QED) is 0.278. The molecule has 0 atom stereocenters. The molecule has 0 radical (unpaired) electrons. The van der Waals surface area contributed by atoms with E-state index >= 15 is 0 Å². The number of hydrogen-bond donors (Lipinski definition) is 0. The van der Waals surface area contributed by atoms with Crippen LogP contribution in [0.5, 0.6) is 0 Å². The normalized spacial score (nSPS) is 29.9. The predicted molar refractivity (Wildman–Crippen MR) is 82.8 cm³/mol. The van der Waals surface area contributed by atoms with E-state index in [4.69, 9.17) is 0 Å². The molecule has 0 aromatic rings. The third kappa shape index (κ3) is 3.51. The van der Waals surface area contributed by atoms with Crippen molar-refractivity contribution in [3.63, 3.8) is 0 Å². The Balaban J connectivity index is 1.78. The van der Waals surface area contributed by atoms with Crippen molar-refractivity contribution in [3.05, 3.63) is 12.1 Å². The van der Waals surface area contributed by atoms with Gasteiger partial charge in [0.05, 0.1) is 0 Å². The summed E-state index contributed by atoms with van der Waals surface area (Å²) in [5, 5.41) is 0. The maximum absolute atomic E-state index is 2.60. The number of alkyl halides is 1. The molecular weight excluding hydrogens is 306 g/mol. The number of allylic oxidation sites excluding steroid dienone is 1. The smallest absolute Gasteiger partial charge is 0.118 e. The van der Waals surface area contributed by atoms with Crippen LogP contribution < -0.4 is 0 Å². The molecule has 16 heavy (non-hydrogen) atoms. The molecule has 2 aliphatic heterocycles. The van der Waals surface area contributed by atoms with E-state index in [0.717, 1.165) is 18.3 Å². The highest BCUT2D eigenvalue weighted by Gasteiger charge is 2.36. The number of halogens is 1. The highest BCUT2D eigenvalue weighted by molar-refractivity contribution is 14.1. The Morgan fingerprint density at radius 2 is 1.62 bits per heavy atom. The summed E-state index contributed by atoms with van der Waals surface area (Å²) >= 11 is 2.48. The third-order valence-corrected chi connectivity index (χ3v) is 5.26.